The van der Waals surface area contributed by atoms with Crippen LogP contribution in [0.15, 0.2) is 29.4 Å². The van der Waals surface area contributed by atoms with Crippen LogP contribution >= 0.6 is 0 Å². The van der Waals surface area contributed by atoms with Gasteiger partial charge in [-0.25, -0.2) is 4.79 Å². The van der Waals surface area contributed by atoms with Crippen molar-refractivity contribution in [2.75, 3.05) is 6.61 Å². The summed E-state index contributed by atoms with van der Waals surface area (Å²) in [5.74, 6) is -0.616. The van der Waals surface area contributed by atoms with E-state index in [1.807, 2.05) is 19.1 Å². The number of hydrogen-bond donors (Lipinski definition) is 1. The first-order valence-electron chi connectivity index (χ1n) is 4.65. The van der Waals surface area contributed by atoms with Gasteiger partial charge in [-0.15, -0.1) is 0 Å². The lowest BCUT2D eigenvalue weighted by Crippen LogP contribution is -2.19. The van der Waals surface area contributed by atoms with Crippen LogP contribution in [0.25, 0.3) is 0 Å². The van der Waals surface area contributed by atoms with Gasteiger partial charge in [-0.05, 0) is 19.4 Å². The summed E-state index contributed by atoms with van der Waals surface area (Å²) in [6.45, 7) is 3.79. The molecule has 0 heterocycles. The maximum absolute atomic E-state index is 11.4. The zero-order chi connectivity index (χ0) is 11.3. The largest absolute Gasteiger partial charge is 0.461 e. The van der Waals surface area contributed by atoms with E-state index in [2.05, 4.69) is 5.16 Å². The Kier molecular flexibility index (Phi) is 3.85. The summed E-state index contributed by atoms with van der Waals surface area (Å²) in [7, 11) is 0. The minimum absolute atomic E-state index is 0.0602. The molecule has 0 aliphatic carbocycles. The number of esters is 1. The number of rotatable bonds is 3. The summed E-state index contributed by atoms with van der Waals surface area (Å²) in [4.78, 5) is 11.4. The summed E-state index contributed by atoms with van der Waals surface area (Å²) < 4.78 is 4.77. The molecule has 1 aromatic carbocycles. The number of carbonyl (C=O) groups excluding carboxylic acids is 1. The number of carbonyl (C=O) groups is 1. The first kappa shape index (κ1) is 11.2. The third-order valence-electron chi connectivity index (χ3n) is 1.97. The quantitative estimate of drug-likeness (QED) is 0.355. The topological polar surface area (TPSA) is 58.9 Å². The second-order valence-electron chi connectivity index (χ2n) is 2.98. The fourth-order valence-corrected chi connectivity index (χ4v) is 1.24. The number of aryl methyl sites for hydroxylation is 1. The van der Waals surface area contributed by atoms with E-state index in [0.717, 1.165) is 5.56 Å². The lowest BCUT2D eigenvalue weighted by atomic mass is 10.0. The van der Waals surface area contributed by atoms with Crippen LogP contribution in [0.2, 0.25) is 0 Å². The molecule has 0 amide bonds. The van der Waals surface area contributed by atoms with Crippen LogP contribution in [0.4, 0.5) is 0 Å². The minimum Gasteiger partial charge on any atom is -0.461 e. The zero-order valence-corrected chi connectivity index (χ0v) is 8.73. The van der Waals surface area contributed by atoms with Crippen molar-refractivity contribution < 1.29 is 14.7 Å². The predicted octanol–water partition coefficient (Wildman–Crippen LogP) is 1.74. The van der Waals surface area contributed by atoms with E-state index in [1.165, 1.54) is 0 Å². The maximum atomic E-state index is 11.4. The van der Waals surface area contributed by atoms with Crippen molar-refractivity contribution in [3.05, 3.63) is 35.4 Å². The summed E-state index contributed by atoms with van der Waals surface area (Å²) in [6.07, 6.45) is 0. The van der Waals surface area contributed by atoms with Crippen LogP contribution < -0.4 is 0 Å². The molecular formula is C11H13NO3. The van der Waals surface area contributed by atoms with Gasteiger partial charge >= 0.3 is 5.97 Å². The van der Waals surface area contributed by atoms with Crippen LogP contribution in [-0.4, -0.2) is 23.5 Å². The van der Waals surface area contributed by atoms with Gasteiger partial charge in [-0.1, -0.05) is 29.4 Å². The fraction of sp³-hybridized carbons (Fsp3) is 0.273. The SMILES string of the molecule is CCOC(=O)C(=NO)c1ccccc1C. The summed E-state index contributed by atoms with van der Waals surface area (Å²) in [5.41, 5.74) is 1.38. The Morgan fingerprint density at radius 1 is 1.47 bits per heavy atom. The molecule has 4 heteroatoms. The summed E-state index contributed by atoms with van der Waals surface area (Å²) in [6, 6.07) is 7.16. The average molecular weight is 207 g/mol. The summed E-state index contributed by atoms with van der Waals surface area (Å²) >= 11 is 0. The molecule has 0 unspecified atom stereocenters. The smallest absolute Gasteiger partial charge is 0.361 e. The van der Waals surface area contributed by atoms with Gasteiger partial charge in [0.25, 0.3) is 0 Å². The second-order valence-corrected chi connectivity index (χ2v) is 2.98. The molecule has 1 N–H and O–H groups in total. The fourth-order valence-electron chi connectivity index (χ4n) is 1.24. The Balaban J connectivity index is 3.04. The van der Waals surface area contributed by atoms with Crippen LogP contribution in [-0.2, 0) is 9.53 Å². The molecule has 0 aromatic heterocycles. The van der Waals surface area contributed by atoms with Gasteiger partial charge in [-0.2, -0.15) is 0 Å². The van der Waals surface area contributed by atoms with Crippen LogP contribution in [0.1, 0.15) is 18.1 Å². The first-order chi connectivity index (χ1) is 7.20. The Morgan fingerprint density at radius 2 is 2.13 bits per heavy atom. The highest BCUT2D eigenvalue weighted by Crippen LogP contribution is 2.09. The number of ether oxygens (including phenoxy) is 1. The van der Waals surface area contributed by atoms with Crippen molar-refractivity contribution in [1.29, 1.82) is 0 Å². The van der Waals surface area contributed by atoms with Gasteiger partial charge in [0.1, 0.15) is 0 Å². The lowest BCUT2D eigenvalue weighted by molar-refractivity contribution is -0.135. The summed E-state index contributed by atoms with van der Waals surface area (Å²) in [5, 5.41) is 11.8. The van der Waals surface area contributed by atoms with Crippen LogP contribution in [0, 0.1) is 6.92 Å². The average Bonchev–Trinajstić information content (AvgIpc) is 2.22. The zero-order valence-electron chi connectivity index (χ0n) is 8.73. The number of hydrogen-bond acceptors (Lipinski definition) is 4. The van der Waals surface area contributed by atoms with Crippen LogP contribution in [0.5, 0.6) is 0 Å². The van der Waals surface area contributed by atoms with E-state index in [4.69, 9.17) is 9.94 Å². The Morgan fingerprint density at radius 3 is 2.67 bits per heavy atom. The van der Waals surface area contributed by atoms with E-state index < -0.39 is 5.97 Å². The van der Waals surface area contributed by atoms with Gasteiger partial charge in [0.15, 0.2) is 5.71 Å². The van der Waals surface area contributed by atoms with Gasteiger partial charge < -0.3 is 9.94 Å². The van der Waals surface area contributed by atoms with Crippen molar-refractivity contribution in [3.63, 3.8) is 0 Å². The molecule has 0 bridgehead atoms. The highest BCUT2D eigenvalue weighted by Gasteiger charge is 2.17. The van der Waals surface area contributed by atoms with E-state index in [9.17, 15) is 4.79 Å². The third-order valence-corrected chi connectivity index (χ3v) is 1.97. The molecule has 1 rings (SSSR count). The Bertz CT molecular complexity index is 385. The van der Waals surface area contributed by atoms with E-state index in [0.29, 0.717) is 5.56 Å². The normalized spacial score (nSPS) is 11.2. The minimum atomic E-state index is -0.616. The highest BCUT2D eigenvalue weighted by atomic mass is 16.5. The molecule has 0 saturated heterocycles. The molecule has 1 aromatic rings. The van der Waals surface area contributed by atoms with Gasteiger partial charge in [0, 0.05) is 5.56 Å². The predicted molar refractivity (Wildman–Crippen MR) is 56.1 cm³/mol. The Hall–Kier alpha value is -1.84. The molecule has 4 nitrogen and oxygen atoms in total. The van der Waals surface area contributed by atoms with Gasteiger partial charge in [0.05, 0.1) is 6.61 Å². The van der Waals surface area contributed by atoms with Crippen molar-refractivity contribution >= 4 is 11.7 Å². The molecule has 15 heavy (non-hydrogen) atoms. The van der Waals surface area contributed by atoms with Crippen LogP contribution in [0.3, 0.4) is 0 Å². The van der Waals surface area contributed by atoms with E-state index >= 15 is 0 Å². The third kappa shape index (κ3) is 2.56. The molecule has 0 atom stereocenters. The van der Waals surface area contributed by atoms with Crippen molar-refractivity contribution in [1.82, 2.24) is 0 Å². The maximum Gasteiger partial charge on any atom is 0.361 e. The molecule has 0 saturated carbocycles. The van der Waals surface area contributed by atoms with Crippen molar-refractivity contribution in [2.45, 2.75) is 13.8 Å². The molecule has 0 spiro atoms. The van der Waals surface area contributed by atoms with Crippen molar-refractivity contribution in [3.8, 4) is 0 Å². The second kappa shape index (κ2) is 5.14. The first-order valence-corrected chi connectivity index (χ1v) is 4.65. The molecule has 0 aliphatic heterocycles. The number of oxime groups is 1. The standard InChI is InChI=1S/C11H13NO3/c1-3-15-11(13)10(12-14)9-7-5-4-6-8(9)2/h4-7,14H,3H2,1-2H3. The Labute approximate surface area is 88.2 Å². The van der Waals surface area contributed by atoms with Crippen molar-refractivity contribution in [2.24, 2.45) is 5.16 Å². The molecule has 0 aliphatic rings. The molecule has 0 fully saturated rings. The molecular weight excluding hydrogens is 194 g/mol. The molecule has 0 radical (unpaired) electrons. The number of benzene rings is 1. The van der Waals surface area contributed by atoms with E-state index in [-0.39, 0.29) is 12.3 Å². The van der Waals surface area contributed by atoms with E-state index in [1.54, 1.807) is 19.1 Å². The van der Waals surface area contributed by atoms with Gasteiger partial charge in [0.2, 0.25) is 0 Å². The monoisotopic (exact) mass is 207 g/mol. The highest BCUT2D eigenvalue weighted by molar-refractivity contribution is 6.43. The van der Waals surface area contributed by atoms with Gasteiger partial charge in [-0.3, -0.25) is 0 Å². The molecule has 80 valence electrons. The number of nitrogens with zero attached hydrogens (tertiary/aromatic N) is 1. The lowest BCUT2D eigenvalue weighted by Gasteiger charge is -2.06.